The summed E-state index contributed by atoms with van der Waals surface area (Å²) >= 11 is 0. The molecule has 180 valence electrons. The van der Waals surface area contributed by atoms with Crippen molar-refractivity contribution >= 4 is 15.7 Å². The number of benzene rings is 3. The zero-order valence-corrected chi connectivity index (χ0v) is 20.2. The summed E-state index contributed by atoms with van der Waals surface area (Å²) in [7, 11) is -4.02. The molecular formula is C27H26FN3O3S. The van der Waals surface area contributed by atoms with Gasteiger partial charge in [-0.2, -0.15) is 4.98 Å². The van der Waals surface area contributed by atoms with E-state index in [-0.39, 0.29) is 21.7 Å². The first-order chi connectivity index (χ1) is 16.9. The largest absolute Gasteiger partial charge is 0.419 e. The molecule has 1 aliphatic heterocycles. The first-order valence-electron chi connectivity index (χ1n) is 11.5. The Morgan fingerprint density at radius 2 is 1.63 bits per heavy atom. The van der Waals surface area contributed by atoms with Gasteiger partial charge in [-0.25, -0.2) is 12.8 Å². The maximum Gasteiger partial charge on any atom is 0.236 e. The Morgan fingerprint density at radius 3 is 2.31 bits per heavy atom. The second-order valence-electron chi connectivity index (χ2n) is 8.70. The highest BCUT2D eigenvalue weighted by Gasteiger charge is 2.33. The second kappa shape index (κ2) is 9.64. The number of hydrogen-bond donors (Lipinski definition) is 0. The third kappa shape index (κ3) is 4.99. The fourth-order valence-corrected chi connectivity index (χ4v) is 5.57. The van der Waals surface area contributed by atoms with Crippen LogP contribution in [0, 0.1) is 12.7 Å². The Bertz CT molecular complexity index is 1410. The number of nitrogens with zero attached hydrogens (tertiary/aromatic N) is 3. The monoisotopic (exact) mass is 491 g/mol. The van der Waals surface area contributed by atoms with E-state index in [0.717, 1.165) is 37.3 Å². The molecule has 0 atom stereocenters. The molecule has 0 saturated carbocycles. The third-order valence-electron chi connectivity index (χ3n) is 6.13. The molecule has 8 heteroatoms. The maximum absolute atomic E-state index is 13.5. The summed E-state index contributed by atoms with van der Waals surface area (Å²) in [6.45, 7) is 5.50. The molecule has 6 nitrogen and oxygen atoms in total. The summed E-state index contributed by atoms with van der Waals surface area (Å²) in [5.41, 5.74) is 2.95. The molecule has 1 aliphatic rings. The van der Waals surface area contributed by atoms with Crippen molar-refractivity contribution < 1.29 is 17.2 Å². The highest BCUT2D eigenvalue weighted by atomic mass is 32.2. The number of aryl methyl sites for hydroxylation is 1. The van der Waals surface area contributed by atoms with Gasteiger partial charge in [0.2, 0.25) is 26.6 Å². The van der Waals surface area contributed by atoms with Crippen LogP contribution in [0.5, 0.6) is 0 Å². The number of aromatic nitrogens is 1. The lowest BCUT2D eigenvalue weighted by Crippen LogP contribution is -2.46. The Labute approximate surface area is 204 Å². The smallest absolute Gasteiger partial charge is 0.236 e. The van der Waals surface area contributed by atoms with Gasteiger partial charge in [-0.1, -0.05) is 48.0 Å². The fourth-order valence-electron chi connectivity index (χ4n) is 4.25. The standard InChI is InChI=1S/C27H26FN3O3S/c1-20-6-5-9-22(18-20)25-29-26(35(32,33)24-12-10-23(28)11-13-24)27(34-25)31-16-14-30(15-17-31)19-21-7-3-2-4-8-21/h2-13,18H,14-17,19H2,1H3. The quantitative estimate of drug-likeness (QED) is 0.356. The van der Waals surface area contributed by atoms with Crippen LogP contribution in [0.3, 0.4) is 0 Å². The average Bonchev–Trinajstić information content (AvgIpc) is 3.32. The predicted octanol–water partition coefficient (Wildman–Crippen LogP) is 4.94. The lowest BCUT2D eigenvalue weighted by Gasteiger charge is -2.34. The highest BCUT2D eigenvalue weighted by molar-refractivity contribution is 7.91. The fraction of sp³-hybridized carbons (Fsp3) is 0.222. The zero-order valence-electron chi connectivity index (χ0n) is 19.4. The van der Waals surface area contributed by atoms with Crippen LogP contribution in [0.2, 0.25) is 0 Å². The van der Waals surface area contributed by atoms with Crippen LogP contribution in [-0.2, 0) is 16.4 Å². The van der Waals surface area contributed by atoms with Gasteiger partial charge in [-0.3, -0.25) is 4.90 Å². The topological polar surface area (TPSA) is 66.7 Å². The summed E-state index contributed by atoms with van der Waals surface area (Å²) in [6.07, 6.45) is 0. The molecule has 3 aromatic carbocycles. The number of halogens is 1. The van der Waals surface area contributed by atoms with Gasteiger partial charge in [-0.15, -0.1) is 0 Å². The molecule has 0 spiro atoms. The van der Waals surface area contributed by atoms with E-state index in [4.69, 9.17) is 4.42 Å². The minimum absolute atomic E-state index is 0.0213. The summed E-state index contributed by atoms with van der Waals surface area (Å²) < 4.78 is 46.7. The minimum atomic E-state index is -4.02. The van der Waals surface area contributed by atoms with Gasteiger partial charge in [0, 0.05) is 38.3 Å². The van der Waals surface area contributed by atoms with Crippen molar-refractivity contribution in [3.8, 4) is 11.5 Å². The first kappa shape index (κ1) is 23.3. The number of rotatable bonds is 6. The second-order valence-corrected chi connectivity index (χ2v) is 10.6. The van der Waals surface area contributed by atoms with Crippen molar-refractivity contribution in [2.45, 2.75) is 23.4 Å². The molecule has 1 saturated heterocycles. The molecule has 5 rings (SSSR count). The lowest BCUT2D eigenvalue weighted by molar-refractivity contribution is 0.245. The maximum atomic E-state index is 13.5. The van der Waals surface area contributed by atoms with Crippen LogP contribution in [0.4, 0.5) is 10.3 Å². The molecule has 0 bridgehead atoms. The van der Waals surface area contributed by atoms with Crippen molar-refractivity contribution in [1.82, 2.24) is 9.88 Å². The molecule has 0 radical (unpaired) electrons. The van der Waals surface area contributed by atoms with E-state index in [0.29, 0.717) is 18.7 Å². The van der Waals surface area contributed by atoms with Crippen molar-refractivity contribution in [3.05, 3.63) is 95.8 Å². The SMILES string of the molecule is Cc1cccc(-c2nc(S(=O)(=O)c3ccc(F)cc3)c(N3CCN(Cc4ccccc4)CC3)o2)c1. The average molecular weight is 492 g/mol. The summed E-state index contributed by atoms with van der Waals surface area (Å²) in [5.74, 6) is -0.0272. The van der Waals surface area contributed by atoms with Crippen LogP contribution in [-0.4, -0.2) is 44.5 Å². The first-order valence-corrected chi connectivity index (χ1v) is 13.0. The molecule has 0 aliphatic carbocycles. The number of hydrogen-bond acceptors (Lipinski definition) is 6. The van der Waals surface area contributed by atoms with Crippen molar-refractivity contribution in [2.75, 3.05) is 31.1 Å². The van der Waals surface area contributed by atoms with Crippen LogP contribution < -0.4 is 4.90 Å². The van der Waals surface area contributed by atoms with Crippen molar-refractivity contribution in [2.24, 2.45) is 0 Å². The molecule has 1 fully saturated rings. The number of sulfone groups is 1. The number of piperazine rings is 1. The number of anilines is 1. The zero-order chi connectivity index (χ0) is 24.4. The molecular weight excluding hydrogens is 465 g/mol. The van der Waals surface area contributed by atoms with Crippen molar-refractivity contribution in [1.29, 1.82) is 0 Å². The van der Waals surface area contributed by atoms with E-state index in [1.165, 1.54) is 17.7 Å². The summed E-state index contributed by atoms with van der Waals surface area (Å²) in [6, 6.07) is 22.6. The van der Waals surface area contributed by atoms with Gasteiger partial charge in [-0.05, 0) is 48.9 Å². The van der Waals surface area contributed by atoms with Gasteiger partial charge in [0.15, 0.2) is 0 Å². The van der Waals surface area contributed by atoms with E-state index in [9.17, 15) is 12.8 Å². The van der Waals surface area contributed by atoms with Gasteiger partial charge in [0.1, 0.15) is 5.82 Å². The van der Waals surface area contributed by atoms with Gasteiger partial charge >= 0.3 is 0 Å². The van der Waals surface area contributed by atoms with Crippen molar-refractivity contribution in [3.63, 3.8) is 0 Å². The van der Waals surface area contributed by atoms with Crippen LogP contribution >= 0.6 is 0 Å². The van der Waals surface area contributed by atoms with Gasteiger partial charge in [0.05, 0.1) is 4.90 Å². The minimum Gasteiger partial charge on any atom is -0.419 e. The van der Waals surface area contributed by atoms with E-state index < -0.39 is 15.7 Å². The normalized spacial score (nSPS) is 14.9. The number of oxazole rings is 1. The van der Waals surface area contributed by atoms with Gasteiger partial charge < -0.3 is 9.32 Å². The Kier molecular flexibility index (Phi) is 6.40. The third-order valence-corrected chi connectivity index (χ3v) is 7.80. The lowest BCUT2D eigenvalue weighted by atomic mass is 10.1. The molecule has 35 heavy (non-hydrogen) atoms. The van der Waals surface area contributed by atoms with E-state index in [2.05, 4.69) is 22.0 Å². The summed E-state index contributed by atoms with van der Waals surface area (Å²) in [5, 5.41) is -0.142. The molecule has 0 amide bonds. The molecule has 4 aromatic rings. The van der Waals surface area contributed by atoms with Crippen LogP contribution in [0.1, 0.15) is 11.1 Å². The Hall–Kier alpha value is -3.49. The summed E-state index contributed by atoms with van der Waals surface area (Å²) in [4.78, 5) is 8.69. The highest BCUT2D eigenvalue weighted by Crippen LogP contribution is 2.35. The van der Waals surface area contributed by atoms with Crippen LogP contribution in [0.25, 0.3) is 11.5 Å². The van der Waals surface area contributed by atoms with E-state index in [1.54, 1.807) is 0 Å². The Morgan fingerprint density at radius 1 is 0.914 bits per heavy atom. The predicted molar refractivity (Wildman–Crippen MR) is 132 cm³/mol. The van der Waals surface area contributed by atoms with Gasteiger partial charge in [0.25, 0.3) is 0 Å². The molecule has 0 unspecified atom stereocenters. The van der Waals surface area contributed by atoms with E-state index in [1.807, 2.05) is 54.3 Å². The Balaban J connectivity index is 1.47. The molecule has 2 heterocycles. The molecule has 1 aromatic heterocycles. The molecule has 0 N–H and O–H groups in total. The van der Waals surface area contributed by atoms with E-state index >= 15 is 0 Å². The van der Waals surface area contributed by atoms with Crippen LogP contribution in [0.15, 0.2) is 93.2 Å².